The van der Waals surface area contributed by atoms with Crippen LogP contribution in [-0.2, 0) is 4.79 Å². The summed E-state index contributed by atoms with van der Waals surface area (Å²) in [6.07, 6.45) is 3.54. The number of benzene rings is 2. The Morgan fingerprint density at radius 2 is 2.00 bits per heavy atom. The summed E-state index contributed by atoms with van der Waals surface area (Å²) in [6.45, 7) is 3.40. The molecule has 0 aromatic heterocycles. The predicted octanol–water partition coefficient (Wildman–Crippen LogP) is 4.62. The van der Waals surface area contributed by atoms with Crippen LogP contribution >= 0.6 is 15.9 Å². The first-order chi connectivity index (χ1) is 13.4. The number of hydrogen-bond acceptors (Lipinski definition) is 2. The maximum atomic E-state index is 13.6. The van der Waals surface area contributed by atoms with Gasteiger partial charge in [-0.3, -0.25) is 9.59 Å². The Morgan fingerprint density at radius 3 is 2.71 bits per heavy atom. The van der Waals surface area contributed by atoms with Crippen molar-refractivity contribution in [3.8, 4) is 0 Å². The maximum absolute atomic E-state index is 13.6. The van der Waals surface area contributed by atoms with Crippen molar-refractivity contribution in [2.75, 3.05) is 13.1 Å². The number of nitrogens with one attached hydrogen (secondary N) is 1. The Morgan fingerprint density at radius 1 is 1.21 bits per heavy atom. The molecule has 4 nitrogen and oxygen atoms in total. The van der Waals surface area contributed by atoms with Gasteiger partial charge in [-0.2, -0.15) is 0 Å². The van der Waals surface area contributed by atoms with E-state index in [0.29, 0.717) is 34.6 Å². The van der Waals surface area contributed by atoms with Crippen molar-refractivity contribution in [3.05, 3.63) is 75.6 Å². The Balaban J connectivity index is 1.91. The second kappa shape index (κ2) is 9.15. The summed E-state index contributed by atoms with van der Waals surface area (Å²) in [6, 6.07) is 12.9. The molecule has 28 heavy (non-hydrogen) atoms. The number of carbonyl (C=O) groups is 2. The average molecular weight is 445 g/mol. The fraction of sp³-hybridized carbons (Fsp3) is 0.273. The maximum Gasteiger partial charge on any atom is 0.270 e. The van der Waals surface area contributed by atoms with Gasteiger partial charge in [0.15, 0.2) is 0 Å². The minimum Gasteiger partial charge on any atom is -0.337 e. The molecular weight excluding hydrogens is 423 g/mol. The van der Waals surface area contributed by atoms with Crippen LogP contribution in [0.5, 0.6) is 0 Å². The van der Waals surface area contributed by atoms with Crippen LogP contribution in [0.3, 0.4) is 0 Å². The minimum absolute atomic E-state index is 0.139. The summed E-state index contributed by atoms with van der Waals surface area (Å²) in [7, 11) is 0. The van der Waals surface area contributed by atoms with Crippen molar-refractivity contribution in [2.45, 2.75) is 19.8 Å². The van der Waals surface area contributed by atoms with Crippen LogP contribution < -0.4 is 5.32 Å². The molecule has 0 radical (unpaired) electrons. The zero-order valence-electron chi connectivity index (χ0n) is 15.6. The standard InChI is InChI=1S/C22H22BrFN2O2/c1-15-6-5-11-26(14-15)22(28)20(13-16-7-4-8-17(24)12-16)25-21(27)18-9-2-3-10-19(18)23/h2-4,7-10,12-13,15H,5-6,11,14H2,1H3,(H,25,27). The first-order valence-corrected chi connectivity index (χ1v) is 10.1. The largest absolute Gasteiger partial charge is 0.337 e. The molecule has 0 saturated carbocycles. The fourth-order valence-corrected chi connectivity index (χ4v) is 3.76. The van der Waals surface area contributed by atoms with Crippen LogP contribution in [0.1, 0.15) is 35.7 Å². The number of carbonyl (C=O) groups excluding carboxylic acids is 2. The first-order valence-electron chi connectivity index (χ1n) is 9.26. The first kappa shape index (κ1) is 20.3. The summed E-state index contributed by atoms with van der Waals surface area (Å²) in [4.78, 5) is 27.6. The normalized spacial score (nSPS) is 17.3. The van der Waals surface area contributed by atoms with Gasteiger partial charge in [0.1, 0.15) is 11.5 Å². The molecule has 1 unspecified atom stereocenters. The number of likely N-dealkylation sites (tertiary alicyclic amines) is 1. The van der Waals surface area contributed by atoms with E-state index in [2.05, 4.69) is 28.2 Å². The van der Waals surface area contributed by atoms with E-state index in [1.165, 1.54) is 18.2 Å². The number of amides is 2. The highest BCUT2D eigenvalue weighted by atomic mass is 79.9. The molecule has 6 heteroatoms. The average Bonchev–Trinajstić information content (AvgIpc) is 2.67. The highest BCUT2D eigenvalue weighted by Gasteiger charge is 2.25. The van der Waals surface area contributed by atoms with Gasteiger partial charge in [-0.25, -0.2) is 4.39 Å². The molecule has 1 heterocycles. The molecule has 1 N–H and O–H groups in total. The zero-order chi connectivity index (χ0) is 20.1. The third-order valence-electron chi connectivity index (χ3n) is 4.70. The lowest BCUT2D eigenvalue weighted by molar-refractivity contribution is -0.129. The molecule has 0 bridgehead atoms. The molecular formula is C22H22BrFN2O2. The van der Waals surface area contributed by atoms with Gasteiger partial charge in [0.25, 0.3) is 11.8 Å². The van der Waals surface area contributed by atoms with E-state index in [4.69, 9.17) is 0 Å². The van der Waals surface area contributed by atoms with Crippen molar-refractivity contribution < 1.29 is 14.0 Å². The molecule has 2 amide bonds. The summed E-state index contributed by atoms with van der Waals surface area (Å²) in [5.41, 5.74) is 1.08. The molecule has 1 saturated heterocycles. The number of hydrogen-bond donors (Lipinski definition) is 1. The SMILES string of the molecule is CC1CCCN(C(=O)C(=Cc2cccc(F)c2)NC(=O)c2ccccc2Br)C1. The van der Waals surface area contributed by atoms with Crippen molar-refractivity contribution in [3.63, 3.8) is 0 Å². The molecule has 0 spiro atoms. The van der Waals surface area contributed by atoms with Gasteiger partial charge in [-0.1, -0.05) is 31.2 Å². The highest BCUT2D eigenvalue weighted by molar-refractivity contribution is 9.10. The molecule has 2 aromatic carbocycles. The molecule has 2 aromatic rings. The van der Waals surface area contributed by atoms with Crippen LogP contribution in [-0.4, -0.2) is 29.8 Å². The Labute approximate surface area is 172 Å². The van der Waals surface area contributed by atoms with Crippen molar-refractivity contribution in [2.24, 2.45) is 5.92 Å². The topological polar surface area (TPSA) is 49.4 Å². The third kappa shape index (κ3) is 5.07. The summed E-state index contributed by atoms with van der Waals surface area (Å²) < 4.78 is 14.2. The molecule has 1 fully saturated rings. The predicted molar refractivity (Wildman–Crippen MR) is 111 cm³/mol. The Kier molecular flexibility index (Phi) is 6.62. The van der Waals surface area contributed by atoms with E-state index in [0.717, 1.165) is 12.8 Å². The zero-order valence-corrected chi connectivity index (χ0v) is 17.2. The van der Waals surface area contributed by atoms with Crippen molar-refractivity contribution in [1.29, 1.82) is 0 Å². The number of piperidine rings is 1. The second-order valence-electron chi connectivity index (χ2n) is 7.05. The molecule has 1 aliphatic rings. The lowest BCUT2D eigenvalue weighted by Gasteiger charge is -2.31. The van der Waals surface area contributed by atoms with Crippen LogP contribution in [0, 0.1) is 11.7 Å². The van der Waals surface area contributed by atoms with E-state index >= 15 is 0 Å². The van der Waals surface area contributed by atoms with Crippen molar-refractivity contribution >= 4 is 33.8 Å². The fourth-order valence-electron chi connectivity index (χ4n) is 3.29. The molecule has 3 rings (SSSR count). The lowest BCUT2D eigenvalue weighted by Crippen LogP contribution is -2.43. The van der Waals surface area contributed by atoms with Crippen LogP contribution in [0.25, 0.3) is 6.08 Å². The van der Waals surface area contributed by atoms with Gasteiger partial charge in [0, 0.05) is 17.6 Å². The van der Waals surface area contributed by atoms with Gasteiger partial charge in [0.05, 0.1) is 5.56 Å². The Bertz CT molecular complexity index is 913. The molecule has 1 aliphatic heterocycles. The van der Waals surface area contributed by atoms with Crippen LogP contribution in [0.15, 0.2) is 58.7 Å². The third-order valence-corrected chi connectivity index (χ3v) is 5.39. The number of halogens is 2. The molecule has 146 valence electrons. The lowest BCUT2D eigenvalue weighted by atomic mass is 10.00. The van der Waals surface area contributed by atoms with E-state index in [-0.39, 0.29) is 11.6 Å². The van der Waals surface area contributed by atoms with E-state index in [1.807, 2.05) is 6.07 Å². The van der Waals surface area contributed by atoms with Gasteiger partial charge in [-0.15, -0.1) is 0 Å². The summed E-state index contributed by atoms with van der Waals surface area (Å²) in [5, 5.41) is 2.73. The minimum atomic E-state index is -0.399. The van der Waals surface area contributed by atoms with E-state index in [1.54, 1.807) is 35.2 Å². The quantitative estimate of drug-likeness (QED) is 0.699. The van der Waals surface area contributed by atoms with Gasteiger partial charge < -0.3 is 10.2 Å². The number of nitrogens with zero attached hydrogens (tertiary/aromatic N) is 1. The molecule has 1 atom stereocenters. The van der Waals surface area contributed by atoms with E-state index < -0.39 is 11.7 Å². The smallest absolute Gasteiger partial charge is 0.270 e. The van der Waals surface area contributed by atoms with Gasteiger partial charge >= 0.3 is 0 Å². The summed E-state index contributed by atoms with van der Waals surface area (Å²) >= 11 is 3.36. The Hall–Kier alpha value is -2.47. The second-order valence-corrected chi connectivity index (χ2v) is 7.90. The highest BCUT2D eigenvalue weighted by Crippen LogP contribution is 2.20. The van der Waals surface area contributed by atoms with Crippen LogP contribution in [0.4, 0.5) is 4.39 Å². The molecule has 0 aliphatic carbocycles. The van der Waals surface area contributed by atoms with Gasteiger partial charge in [-0.05, 0) is 70.6 Å². The number of rotatable bonds is 4. The van der Waals surface area contributed by atoms with E-state index in [9.17, 15) is 14.0 Å². The summed E-state index contributed by atoms with van der Waals surface area (Å²) in [5.74, 6) is -0.638. The van der Waals surface area contributed by atoms with Crippen LogP contribution in [0.2, 0.25) is 0 Å². The van der Waals surface area contributed by atoms with Gasteiger partial charge in [0.2, 0.25) is 0 Å². The monoisotopic (exact) mass is 444 g/mol. The van der Waals surface area contributed by atoms with Crippen molar-refractivity contribution in [1.82, 2.24) is 10.2 Å².